The maximum Gasteiger partial charge on any atom is 0.270 e. The van der Waals surface area contributed by atoms with E-state index >= 15 is 0 Å². The van der Waals surface area contributed by atoms with Crippen LogP contribution in [0.5, 0.6) is 0 Å². The van der Waals surface area contributed by atoms with Gasteiger partial charge in [0.05, 0.1) is 28.2 Å². The Balaban J connectivity index is 1.83. The normalized spacial score (nSPS) is 24.8. The molecule has 2 N–H and O–H groups in total. The van der Waals surface area contributed by atoms with Crippen molar-refractivity contribution in [3.63, 3.8) is 0 Å². The van der Waals surface area contributed by atoms with Crippen molar-refractivity contribution in [2.24, 2.45) is 0 Å². The van der Waals surface area contributed by atoms with Gasteiger partial charge in [-0.05, 0) is 38.3 Å². The largest absolute Gasteiger partial charge is 0.375 e. The van der Waals surface area contributed by atoms with E-state index in [1.54, 1.807) is 0 Å². The molecule has 27 heavy (non-hydrogen) atoms. The lowest BCUT2D eigenvalue weighted by atomic mass is 9.94. The number of anilines is 1. The van der Waals surface area contributed by atoms with Gasteiger partial charge in [0.25, 0.3) is 5.56 Å². The Morgan fingerprint density at radius 1 is 1.30 bits per heavy atom. The standard InChI is InChI=1S/C19H22ClN3O3S/c1-19(2)9-11(7-8-26-19)23-17-15(18(25)22-23)16(27-10-14(24)21-17)12-5-3-4-6-13(12)20/h3-6,11,16H,7-10H2,1-2H3,(H,21,24)(H,22,25)/t11-,16+/m0/s1. The van der Waals surface area contributed by atoms with Crippen molar-refractivity contribution in [2.45, 2.75) is 43.6 Å². The van der Waals surface area contributed by atoms with Crippen molar-refractivity contribution < 1.29 is 9.53 Å². The maximum atomic E-state index is 12.9. The van der Waals surface area contributed by atoms with Gasteiger partial charge in [0.1, 0.15) is 5.82 Å². The summed E-state index contributed by atoms with van der Waals surface area (Å²) in [7, 11) is 0. The lowest BCUT2D eigenvalue weighted by molar-refractivity contribution is -0.113. The number of amides is 1. The first kappa shape index (κ1) is 18.7. The summed E-state index contributed by atoms with van der Waals surface area (Å²) in [6, 6.07) is 7.53. The molecule has 3 heterocycles. The van der Waals surface area contributed by atoms with Gasteiger partial charge >= 0.3 is 0 Å². The highest BCUT2D eigenvalue weighted by Crippen LogP contribution is 2.43. The van der Waals surface area contributed by atoms with Crippen molar-refractivity contribution in [3.05, 3.63) is 50.8 Å². The van der Waals surface area contributed by atoms with E-state index in [2.05, 4.69) is 10.4 Å². The zero-order chi connectivity index (χ0) is 19.2. The van der Waals surface area contributed by atoms with Gasteiger partial charge in [-0.25, -0.2) is 0 Å². The van der Waals surface area contributed by atoms with Gasteiger partial charge in [-0.15, -0.1) is 11.8 Å². The average Bonchev–Trinajstić information content (AvgIpc) is 2.81. The van der Waals surface area contributed by atoms with Crippen LogP contribution in [-0.2, 0) is 9.53 Å². The molecular weight excluding hydrogens is 386 g/mol. The van der Waals surface area contributed by atoms with Crippen LogP contribution in [0.3, 0.4) is 0 Å². The van der Waals surface area contributed by atoms with E-state index in [0.29, 0.717) is 23.0 Å². The number of fused-ring (bicyclic) bond motifs is 1. The summed E-state index contributed by atoms with van der Waals surface area (Å²) in [5, 5.41) is 6.20. The van der Waals surface area contributed by atoms with Crippen LogP contribution < -0.4 is 10.9 Å². The number of rotatable bonds is 2. The fraction of sp³-hybridized carbons (Fsp3) is 0.474. The summed E-state index contributed by atoms with van der Waals surface area (Å²) in [6.45, 7) is 4.70. The predicted molar refractivity (Wildman–Crippen MR) is 108 cm³/mol. The second kappa shape index (κ2) is 7.04. The first-order valence-corrected chi connectivity index (χ1v) is 10.4. The third kappa shape index (κ3) is 3.56. The maximum absolute atomic E-state index is 12.9. The van der Waals surface area contributed by atoms with Crippen LogP contribution in [0.2, 0.25) is 5.02 Å². The number of ether oxygens (including phenoxy) is 1. The third-order valence-electron chi connectivity index (χ3n) is 5.09. The SMILES string of the molecule is CC1(C)C[C@@H](n2[nH]c(=O)c3c2NC(=O)CS[C@@H]3c2ccccc2Cl)CCO1. The van der Waals surface area contributed by atoms with Gasteiger partial charge in [-0.3, -0.25) is 19.4 Å². The Morgan fingerprint density at radius 3 is 2.81 bits per heavy atom. The molecule has 1 saturated heterocycles. The second-order valence-electron chi connectivity index (χ2n) is 7.59. The Morgan fingerprint density at radius 2 is 2.07 bits per heavy atom. The lowest BCUT2D eigenvalue weighted by Gasteiger charge is -2.36. The van der Waals surface area contributed by atoms with Crippen LogP contribution in [0.1, 0.15) is 49.1 Å². The van der Waals surface area contributed by atoms with Gasteiger partial charge in [0.2, 0.25) is 5.91 Å². The first-order valence-electron chi connectivity index (χ1n) is 9.00. The van der Waals surface area contributed by atoms with Crippen LogP contribution in [0, 0.1) is 0 Å². The summed E-state index contributed by atoms with van der Waals surface area (Å²) in [5.74, 6) is 0.709. The van der Waals surface area contributed by atoms with Crippen molar-refractivity contribution >= 4 is 35.1 Å². The monoisotopic (exact) mass is 407 g/mol. The summed E-state index contributed by atoms with van der Waals surface area (Å²) in [5.41, 5.74) is 0.942. The number of nitrogens with one attached hydrogen (secondary N) is 2. The predicted octanol–water partition coefficient (Wildman–Crippen LogP) is 3.73. The van der Waals surface area contributed by atoms with Gasteiger partial charge in [0, 0.05) is 11.6 Å². The molecule has 1 amide bonds. The molecule has 144 valence electrons. The molecule has 0 bridgehead atoms. The van der Waals surface area contributed by atoms with E-state index in [9.17, 15) is 9.59 Å². The molecule has 8 heteroatoms. The summed E-state index contributed by atoms with van der Waals surface area (Å²) in [6.07, 6.45) is 1.53. The highest BCUT2D eigenvalue weighted by molar-refractivity contribution is 8.00. The molecule has 0 radical (unpaired) electrons. The number of aromatic amines is 1. The molecule has 0 saturated carbocycles. The fourth-order valence-electron chi connectivity index (χ4n) is 3.87. The number of hydrogen-bond acceptors (Lipinski definition) is 4. The van der Waals surface area contributed by atoms with E-state index in [1.807, 2.05) is 42.8 Å². The smallest absolute Gasteiger partial charge is 0.270 e. The highest BCUT2D eigenvalue weighted by Gasteiger charge is 2.36. The van der Waals surface area contributed by atoms with Gasteiger partial charge in [-0.1, -0.05) is 29.8 Å². The van der Waals surface area contributed by atoms with Crippen molar-refractivity contribution in [3.8, 4) is 0 Å². The van der Waals surface area contributed by atoms with Crippen LogP contribution in [0.4, 0.5) is 5.82 Å². The number of aromatic nitrogens is 2. The van der Waals surface area contributed by atoms with Crippen molar-refractivity contribution in [1.29, 1.82) is 0 Å². The number of benzene rings is 1. The van der Waals surface area contributed by atoms with E-state index in [-0.39, 0.29) is 34.1 Å². The van der Waals surface area contributed by atoms with Crippen LogP contribution in [-0.4, -0.2) is 33.6 Å². The lowest BCUT2D eigenvalue weighted by Crippen LogP contribution is -2.36. The summed E-state index contributed by atoms with van der Waals surface area (Å²) >= 11 is 7.83. The van der Waals surface area contributed by atoms with Gasteiger partial charge in [-0.2, -0.15) is 0 Å². The number of H-pyrrole nitrogens is 1. The molecule has 2 aromatic rings. The number of carbonyl (C=O) groups is 1. The Kier molecular flexibility index (Phi) is 4.86. The van der Waals surface area contributed by atoms with E-state index in [4.69, 9.17) is 16.3 Å². The number of nitrogens with zero attached hydrogens (tertiary/aromatic N) is 1. The molecule has 0 spiro atoms. The number of thioether (sulfide) groups is 1. The van der Waals surface area contributed by atoms with Crippen LogP contribution >= 0.6 is 23.4 Å². The van der Waals surface area contributed by atoms with Crippen molar-refractivity contribution in [2.75, 3.05) is 17.7 Å². The summed E-state index contributed by atoms with van der Waals surface area (Å²) in [4.78, 5) is 25.3. The molecule has 2 aliphatic rings. The molecule has 0 aliphatic carbocycles. The van der Waals surface area contributed by atoms with Crippen LogP contribution in [0.15, 0.2) is 29.1 Å². The summed E-state index contributed by atoms with van der Waals surface area (Å²) < 4.78 is 7.63. The van der Waals surface area contributed by atoms with E-state index < -0.39 is 0 Å². The second-order valence-corrected chi connectivity index (χ2v) is 9.09. The van der Waals surface area contributed by atoms with Gasteiger partial charge in [0.15, 0.2) is 0 Å². The minimum absolute atomic E-state index is 0.0560. The Labute approximate surface area is 166 Å². The minimum Gasteiger partial charge on any atom is -0.375 e. The van der Waals surface area contributed by atoms with E-state index in [0.717, 1.165) is 18.4 Å². The minimum atomic E-state index is -0.300. The molecule has 1 fully saturated rings. The number of hydrogen-bond donors (Lipinski definition) is 2. The quantitative estimate of drug-likeness (QED) is 0.795. The fourth-order valence-corrected chi connectivity index (χ4v) is 5.34. The Bertz CT molecular complexity index is 937. The number of halogens is 1. The topological polar surface area (TPSA) is 76.1 Å². The Hall–Kier alpha value is -1.70. The van der Waals surface area contributed by atoms with E-state index in [1.165, 1.54) is 11.8 Å². The third-order valence-corrected chi connectivity index (χ3v) is 6.68. The molecule has 1 aromatic carbocycles. The molecular formula is C19H22ClN3O3S. The number of carbonyl (C=O) groups excluding carboxylic acids is 1. The zero-order valence-corrected chi connectivity index (χ0v) is 16.8. The zero-order valence-electron chi connectivity index (χ0n) is 15.3. The molecule has 2 aliphatic heterocycles. The first-order chi connectivity index (χ1) is 12.9. The highest BCUT2D eigenvalue weighted by atomic mass is 35.5. The van der Waals surface area contributed by atoms with Gasteiger partial charge < -0.3 is 10.1 Å². The molecule has 6 nitrogen and oxygen atoms in total. The molecule has 4 rings (SSSR count). The van der Waals surface area contributed by atoms with Crippen molar-refractivity contribution in [1.82, 2.24) is 9.78 Å². The molecule has 0 unspecified atom stereocenters. The molecule has 1 aromatic heterocycles. The molecule has 2 atom stereocenters. The average molecular weight is 408 g/mol. The van der Waals surface area contributed by atoms with Crippen LogP contribution in [0.25, 0.3) is 0 Å².